The highest BCUT2D eigenvalue weighted by Gasteiger charge is 2.37. The summed E-state index contributed by atoms with van der Waals surface area (Å²) in [4.78, 5) is 22.0. The van der Waals surface area contributed by atoms with Crippen molar-refractivity contribution >= 4 is 17.7 Å². The molecule has 0 aliphatic carbocycles. The monoisotopic (exact) mass is 230 g/mol. The van der Waals surface area contributed by atoms with Gasteiger partial charge in [0.1, 0.15) is 11.7 Å². The Bertz CT molecular complexity index is 509. The van der Waals surface area contributed by atoms with Gasteiger partial charge < -0.3 is 10.2 Å². The molecule has 2 aliphatic heterocycles. The maximum atomic E-state index is 11.8. The lowest BCUT2D eigenvalue weighted by Crippen LogP contribution is -2.44. The summed E-state index contributed by atoms with van der Waals surface area (Å²) in [6, 6.07) is 3.97. The minimum Gasteiger partial charge on any atom is -0.327 e. The van der Waals surface area contributed by atoms with E-state index in [0.717, 1.165) is 17.2 Å². The van der Waals surface area contributed by atoms with E-state index in [2.05, 4.69) is 15.3 Å². The van der Waals surface area contributed by atoms with E-state index in [1.165, 1.54) is 0 Å². The van der Waals surface area contributed by atoms with E-state index in [1.54, 1.807) is 11.1 Å². The van der Waals surface area contributed by atoms with Crippen LogP contribution in [-0.2, 0) is 0 Å². The molecular formula is C12H14N4O. The average Bonchev–Trinajstić information content (AvgIpc) is 2.64. The van der Waals surface area contributed by atoms with E-state index < -0.39 is 0 Å². The van der Waals surface area contributed by atoms with Gasteiger partial charge in [-0.3, -0.25) is 0 Å². The third-order valence-corrected chi connectivity index (χ3v) is 3.26. The van der Waals surface area contributed by atoms with Gasteiger partial charge in [-0.05, 0) is 19.9 Å². The standard InChI is InChI=1S/C12H14N4O/c1-7(2)16-6-9-8-4-3-5-13-10(8)14-11(9)15-12(16)17/h3-5,7,9H,6H2,1-2H3,(H,13,14,15,17). The number of hydrogen-bond donors (Lipinski definition) is 1. The predicted molar refractivity (Wildman–Crippen MR) is 65.3 cm³/mol. The maximum absolute atomic E-state index is 11.8. The number of amides is 2. The van der Waals surface area contributed by atoms with Gasteiger partial charge in [-0.25, -0.2) is 9.78 Å². The van der Waals surface area contributed by atoms with Crippen molar-refractivity contribution in [1.82, 2.24) is 9.88 Å². The van der Waals surface area contributed by atoms with Crippen LogP contribution in [0.25, 0.3) is 0 Å². The molecule has 1 atom stereocenters. The lowest BCUT2D eigenvalue weighted by atomic mass is 10.00. The third kappa shape index (κ3) is 1.50. The Hall–Kier alpha value is -1.91. The zero-order chi connectivity index (χ0) is 12.0. The number of nitrogens with zero attached hydrogens (tertiary/aromatic N) is 3. The molecule has 1 N–H and O–H groups in total. The van der Waals surface area contributed by atoms with Gasteiger partial charge >= 0.3 is 6.03 Å². The number of carbonyl (C=O) groups excluding carboxylic acids is 1. The number of carbonyl (C=O) groups is 1. The largest absolute Gasteiger partial charge is 0.345 e. The molecule has 0 fully saturated rings. The maximum Gasteiger partial charge on any atom is 0.345 e. The Morgan fingerprint density at radius 1 is 1.53 bits per heavy atom. The van der Waals surface area contributed by atoms with Crippen LogP contribution in [0.1, 0.15) is 25.3 Å². The molecule has 5 heteroatoms. The molecule has 88 valence electrons. The Morgan fingerprint density at radius 2 is 2.35 bits per heavy atom. The van der Waals surface area contributed by atoms with Gasteiger partial charge in [0.05, 0.1) is 5.92 Å². The van der Waals surface area contributed by atoms with Crippen LogP contribution in [0.4, 0.5) is 10.6 Å². The second kappa shape index (κ2) is 3.55. The minimum atomic E-state index is -0.161. The molecule has 0 aromatic carbocycles. The molecule has 0 saturated heterocycles. The third-order valence-electron chi connectivity index (χ3n) is 3.26. The first kappa shape index (κ1) is 10.3. The number of aromatic nitrogens is 1. The van der Waals surface area contributed by atoms with Crippen molar-refractivity contribution in [2.24, 2.45) is 4.99 Å². The van der Waals surface area contributed by atoms with E-state index in [1.807, 2.05) is 26.0 Å². The molecule has 17 heavy (non-hydrogen) atoms. The Labute approximate surface area is 99.6 Å². The first-order chi connectivity index (χ1) is 8.16. The van der Waals surface area contributed by atoms with Crippen LogP contribution >= 0.6 is 0 Å². The zero-order valence-electron chi connectivity index (χ0n) is 9.84. The molecule has 0 spiro atoms. The van der Waals surface area contributed by atoms with Gasteiger partial charge in [0, 0.05) is 24.3 Å². The highest BCUT2D eigenvalue weighted by Crippen LogP contribution is 2.34. The number of amidine groups is 1. The van der Waals surface area contributed by atoms with Crippen molar-refractivity contribution in [1.29, 1.82) is 0 Å². The molecule has 0 radical (unpaired) electrons. The van der Waals surface area contributed by atoms with Crippen LogP contribution in [0.15, 0.2) is 23.3 Å². The van der Waals surface area contributed by atoms with Crippen LogP contribution in [0.5, 0.6) is 0 Å². The number of hydrogen-bond acceptors (Lipinski definition) is 3. The van der Waals surface area contributed by atoms with Gasteiger partial charge in [0.25, 0.3) is 0 Å². The summed E-state index contributed by atoms with van der Waals surface area (Å²) in [6.07, 6.45) is 1.74. The van der Waals surface area contributed by atoms with Gasteiger partial charge in [-0.1, -0.05) is 6.07 Å². The van der Waals surface area contributed by atoms with Crippen molar-refractivity contribution < 1.29 is 4.79 Å². The fraction of sp³-hybridized carbons (Fsp3) is 0.417. The van der Waals surface area contributed by atoms with Crippen LogP contribution in [0.2, 0.25) is 0 Å². The average molecular weight is 230 g/mol. The lowest BCUT2D eigenvalue weighted by molar-refractivity contribution is 0.189. The molecule has 2 amide bonds. The summed E-state index contributed by atoms with van der Waals surface area (Å²) in [5, 5.41) is 3.12. The van der Waals surface area contributed by atoms with E-state index in [-0.39, 0.29) is 18.0 Å². The fourth-order valence-electron chi connectivity index (χ4n) is 2.32. The molecule has 1 aromatic rings. The smallest absolute Gasteiger partial charge is 0.327 e. The second-order valence-electron chi connectivity index (χ2n) is 4.64. The molecule has 0 bridgehead atoms. The molecule has 1 unspecified atom stereocenters. The van der Waals surface area contributed by atoms with Crippen LogP contribution in [0.3, 0.4) is 0 Å². The van der Waals surface area contributed by atoms with E-state index in [0.29, 0.717) is 6.54 Å². The molecule has 3 heterocycles. The van der Waals surface area contributed by atoms with Crippen molar-refractivity contribution in [3.63, 3.8) is 0 Å². The number of pyridine rings is 1. The van der Waals surface area contributed by atoms with E-state index in [9.17, 15) is 4.79 Å². The quantitative estimate of drug-likeness (QED) is 0.800. The highest BCUT2D eigenvalue weighted by molar-refractivity contribution is 6.11. The highest BCUT2D eigenvalue weighted by atomic mass is 16.2. The lowest BCUT2D eigenvalue weighted by Gasteiger charge is -2.31. The predicted octanol–water partition coefficient (Wildman–Crippen LogP) is 1.83. The van der Waals surface area contributed by atoms with Crippen LogP contribution < -0.4 is 5.32 Å². The molecule has 2 aliphatic rings. The second-order valence-corrected chi connectivity index (χ2v) is 4.64. The van der Waals surface area contributed by atoms with E-state index in [4.69, 9.17) is 0 Å². The summed E-state index contributed by atoms with van der Waals surface area (Å²) < 4.78 is 0. The SMILES string of the molecule is CC(C)N1CC2C(=NC1=O)Nc1ncccc12. The first-order valence-electron chi connectivity index (χ1n) is 5.78. The number of anilines is 1. The number of nitrogens with one attached hydrogen (secondary N) is 1. The van der Waals surface area contributed by atoms with Gasteiger partial charge in [0.15, 0.2) is 0 Å². The minimum absolute atomic E-state index is 0.152. The van der Waals surface area contributed by atoms with Crippen molar-refractivity contribution in [2.45, 2.75) is 25.8 Å². The molecule has 1 aromatic heterocycles. The van der Waals surface area contributed by atoms with Crippen molar-refractivity contribution in [3.05, 3.63) is 23.9 Å². The fourth-order valence-corrected chi connectivity index (χ4v) is 2.32. The number of urea groups is 1. The Kier molecular flexibility index (Phi) is 2.14. The Morgan fingerprint density at radius 3 is 3.12 bits per heavy atom. The van der Waals surface area contributed by atoms with Crippen molar-refractivity contribution in [2.75, 3.05) is 11.9 Å². The number of aliphatic imine (C=N–C) groups is 1. The Balaban J connectivity index is 2.01. The topological polar surface area (TPSA) is 57.6 Å². The number of fused-ring (bicyclic) bond motifs is 3. The zero-order valence-corrected chi connectivity index (χ0v) is 9.84. The molecule has 0 saturated carbocycles. The van der Waals surface area contributed by atoms with Gasteiger partial charge in [-0.2, -0.15) is 4.99 Å². The summed E-state index contributed by atoms with van der Waals surface area (Å²) >= 11 is 0. The number of rotatable bonds is 1. The molecular weight excluding hydrogens is 216 g/mol. The van der Waals surface area contributed by atoms with Gasteiger partial charge in [0.2, 0.25) is 0 Å². The van der Waals surface area contributed by atoms with E-state index >= 15 is 0 Å². The van der Waals surface area contributed by atoms with Crippen LogP contribution in [0, 0.1) is 0 Å². The molecule has 3 rings (SSSR count). The van der Waals surface area contributed by atoms with Crippen molar-refractivity contribution in [3.8, 4) is 0 Å². The molecule has 5 nitrogen and oxygen atoms in total. The summed E-state index contributed by atoms with van der Waals surface area (Å²) in [6.45, 7) is 4.69. The summed E-state index contributed by atoms with van der Waals surface area (Å²) in [5.74, 6) is 1.72. The van der Waals surface area contributed by atoms with Crippen LogP contribution in [-0.4, -0.2) is 34.3 Å². The van der Waals surface area contributed by atoms with Gasteiger partial charge in [-0.15, -0.1) is 0 Å². The summed E-state index contributed by atoms with van der Waals surface area (Å²) in [5.41, 5.74) is 1.13. The normalized spacial score (nSPS) is 22.1. The summed E-state index contributed by atoms with van der Waals surface area (Å²) in [7, 11) is 0. The first-order valence-corrected chi connectivity index (χ1v) is 5.78.